The van der Waals surface area contributed by atoms with E-state index in [9.17, 15) is 0 Å². The first kappa shape index (κ1) is 49.4. The van der Waals surface area contributed by atoms with E-state index < -0.39 is 5.41 Å². The molecule has 0 N–H and O–H groups in total. The highest BCUT2D eigenvalue weighted by Gasteiger charge is 2.52. The molecule has 0 radical (unpaired) electrons. The van der Waals surface area contributed by atoms with Gasteiger partial charge in [-0.1, -0.05) is 181 Å². The van der Waals surface area contributed by atoms with E-state index >= 15 is 0 Å². The summed E-state index contributed by atoms with van der Waals surface area (Å²) in [5.74, 6) is 0. The summed E-state index contributed by atoms with van der Waals surface area (Å²) in [5, 5.41) is 5.07. The molecule has 0 aliphatic heterocycles. The number of fused-ring (bicyclic) bond motifs is 16. The Morgan fingerprint density at radius 1 is 0.277 bits per heavy atom. The van der Waals surface area contributed by atoms with Crippen LogP contribution in [0, 0.1) is 0 Å². The predicted molar refractivity (Wildman–Crippen MR) is 351 cm³/mol. The number of anilines is 6. The zero-order chi connectivity index (χ0) is 55.2. The van der Waals surface area contributed by atoms with Crippen LogP contribution in [0.3, 0.4) is 0 Å². The van der Waals surface area contributed by atoms with Crippen LogP contribution in [0.1, 0.15) is 36.1 Å². The van der Waals surface area contributed by atoms with Crippen LogP contribution in [-0.4, -0.2) is 9.13 Å². The van der Waals surface area contributed by atoms with Crippen molar-refractivity contribution in [3.8, 4) is 22.3 Å². The minimum absolute atomic E-state index is 0.614. The fourth-order valence-electron chi connectivity index (χ4n) is 13.9. The third-order valence-corrected chi connectivity index (χ3v) is 19.3. The molecule has 2 heterocycles. The van der Waals surface area contributed by atoms with E-state index in [0.717, 1.165) is 47.2 Å². The topological polar surface area (TPSA) is 16.3 Å². The molecule has 2 aromatic heterocycles. The van der Waals surface area contributed by atoms with Crippen LogP contribution in [0.2, 0.25) is 0 Å². The van der Waals surface area contributed by atoms with Crippen LogP contribution in [-0.2, 0) is 18.5 Å². The van der Waals surface area contributed by atoms with Crippen molar-refractivity contribution in [2.75, 3.05) is 9.80 Å². The largest absolute Gasteiger partial charge is 0.341 e. The summed E-state index contributed by atoms with van der Waals surface area (Å²) >= 11 is 3.63. The second kappa shape index (κ2) is 19.9. The van der Waals surface area contributed by atoms with Crippen molar-refractivity contribution in [2.24, 2.45) is 0 Å². The smallest absolute Gasteiger partial charge is 0.0727 e. The summed E-state index contributed by atoms with van der Waals surface area (Å²) in [6.07, 6.45) is 0. The van der Waals surface area contributed by atoms with E-state index in [-0.39, 0.29) is 0 Å². The van der Waals surface area contributed by atoms with Gasteiger partial charge in [-0.15, -0.1) is 0 Å². The number of nitrogens with zero attached hydrogens (tertiary/aromatic N) is 4. The van der Waals surface area contributed by atoms with Crippen molar-refractivity contribution in [3.05, 3.63) is 301 Å². The van der Waals surface area contributed by atoms with Gasteiger partial charge < -0.3 is 18.9 Å². The van der Waals surface area contributed by atoms with E-state index in [1.54, 1.807) is 0 Å². The average Bonchev–Trinajstić information content (AvgIpc) is 4.36. The van der Waals surface area contributed by atoms with Crippen molar-refractivity contribution >= 4 is 101 Å². The van der Waals surface area contributed by atoms with E-state index in [2.05, 4.69) is 312 Å². The first-order chi connectivity index (χ1) is 41.0. The van der Waals surface area contributed by atoms with Crippen molar-refractivity contribution in [1.82, 2.24) is 9.13 Å². The van der Waals surface area contributed by atoms with Gasteiger partial charge in [0.25, 0.3) is 0 Å². The van der Waals surface area contributed by atoms with Gasteiger partial charge in [-0.25, -0.2) is 0 Å². The molecule has 396 valence electrons. The SMILES string of the molecule is CCn1c2cc(Sc3ccccc3)ccc2c2ccc(N(c3ccccc3)c3ccc4c(c3)C3(c5ccccc5-c5ccccc53)c3cc(N(c5ccccc5)c5ccc6c7ccc(Sc8ccccc8)cc7n(CC)c6c5)ccc3-4)cc21. The second-order valence-corrected chi connectivity index (χ2v) is 24.0. The van der Waals surface area contributed by atoms with Gasteiger partial charge in [0, 0.05) is 88.3 Å². The van der Waals surface area contributed by atoms with Gasteiger partial charge >= 0.3 is 0 Å². The summed E-state index contributed by atoms with van der Waals surface area (Å²) in [6, 6.07) is 104. The monoisotopic (exact) mass is 1100 g/mol. The van der Waals surface area contributed by atoms with E-state index in [1.807, 2.05) is 23.5 Å². The molecule has 2 aliphatic carbocycles. The summed E-state index contributed by atoms with van der Waals surface area (Å²) in [6.45, 7) is 6.24. The molecule has 14 aromatic rings. The Kier molecular flexibility index (Phi) is 11.8. The molecule has 0 saturated heterocycles. The predicted octanol–water partition coefficient (Wildman–Crippen LogP) is 21.5. The molecule has 0 unspecified atom stereocenters. The Morgan fingerprint density at radius 3 is 1.01 bits per heavy atom. The van der Waals surface area contributed by atoms with Crippen LogP contribution < -0.4 is 9.80 Å². The molecule has 0 saturated carbocycles. The quantitative estimate of drug-likeness (QED) is 0.121. The number of rotatable bonds is 12. The number of para-hydroxylation sites is 2. The molecule has 6 heteroatoms. The van der Waals surface area contributed by atoms with Gasteiger partial charge in [0.05, 0.1) is 27.5 Å². The summed E-state index contributed by atoms with van der Waals surface area (Å²) in [5.41, 5.74) is 21.3. The Balaban J connectivity index is 0.866. The Labute approximate surface area is 492 Å². The maximum atomic E-state index is 2.52. The highest BCUT2D eigenvalue weighted by atomic mass is 32.2. The summed E-state index contributed by atoms with van der Waals surface area (Å²) in [7, 11) is 0. The molecule has 0 fully saturated rings. The average molecular weight is 1100 g/mol. The van der Waals surface area contributed by atoms with Gasteiger partial charge in [-0.3, -0.25) is 0 Å². The molecule has 4 nitrogen and oxygen atoms in total. The van der Waals surface area contributed by atoms with E-state index in [4.69, 9.17) is 0 Å². The van der Waals surface area contributed by atoms with Gasteiger partial charge in [0.15, 0.2) is 0 Å². The first-order valence-electron chi connectivity index (χ1n) is 28.8. The summed E-state index contributed by atoms with van der Waals surface area (Å²) in [4.78, 5) is 9.89. The first-order valence-corrected chi connectivity index (χ1v) is 30.5. The molecule has 2 aliphatic rings. The van der Waals surface area contributed by atoms with Crippen LogP contribution >= 0.6 is 23.5 Å². The van der Waals surface area contributed by atoms with Crippen LogP contribution in [0.15, 0.2) is 299 Å². The van der Waals surface area contributed by atoms with Gasteiger partial charge in [-0.05, 0) is 180 Å². The number of aryl methyl sites for hydroxylation is 2. The number of hydrogen-bond donors (Lipinski definition) is 0. The van der Waals surface area contributed by atoms with Crippen molar-refractivity contribution in [2.45, 2.75) is 51.9 Å². The summed E-state index contributed by atoms with van der Waals surface area (Å²) < 4.78 is 4.99. The number of aromatic nitrogens is 2. The van der Waals surface area contributed by atoms with Gasteiger partial charge in [0.2, 0.25) is 0 Å². The van der Waals surface area contributed by atoms with Gasteiger partial charge in [0.1, 0.15) is 0 Å². The molecule has 12 aromatic carbocycles. The Morgan fingerprint density at radius 2 is 0.602 bits per heavy atom. The highest BCUT2D eigenvalue weighted by molar-refractivity contribution is 7.99. The number of benzene rings is 12. The van der Waals surface area contributed by atoms with Crippen molar-refractivity contribution in [1.29, 1.82) is 0 Å². The third kappa shape index (κ3) is 7.84. The highest BCUT2D eigenvalue weighted by Crippen LogP contribution is 2.64. The lowest BCUT2D eigenvalue weighted by Gasteiger charge is -2.33. The minimum atomic E-state index is -0.614. The molecule has 83 heavy (non-hydrogen) atoms. The maximum Gasteiger partial charge on any atom is 0.0727 e. The molecular formula is C77H56N4S2. The van der Waals surface area contributed by atoms with E-state index in [0.29, 0.717) is 0 Å². The zero-order valence-corrected chi connectivity index (χ0v) is 47.7. The molecule has 1 spiro atoms. The molecule has 0 amide bonds. The normalized spacial score (nSPS) is 12.7. The van der Waals surface area contributed by atoms with Crippen LogP contribution in [0.25, 0.3) is 65.9 Å². The Bertz CT molecular complexity index is 4530. The molecule has 16 rings (SSSR count). The van der Waals surface area contributed by atoms with Gasteiger partial charge in [-0.2, -0.15) is 0 Å². The van der Waals surface area contributed by atoms with Crippen LogP contribution in [0.5, 0.6) is 0 Å². The second-order valence-electron chi connectivity index (χ2n) is 21.7. The van der Waals surface area contributed by atoms with Crippen molar-refractivity contribution in [3.63, 3.8) is 0 Å². The van der Waals surface area contributed by atoms with Crippen molar-refractivity contribution < 1.29 is 0 Å². The maximum absolute atomic E-state index is 2.52. The lowest BCUT2D eigenvalue weighted by Crippen LogP contribution is -2.26. The lowest BCUT2D eigenvalue weighted by atomic mass is 9.70. The van der Waals surface area contributed by atoms with Crippen LogP contribution in [0.4, 0.5) is 34.1 Å². The fraction of sp³-hybridized carbons (Fsp3) is 0.0649. The number of hydrogen-bond acceptors (Lipinski definition) is 4. The molecule has 0 bridgehead atoms. The molecular weight excluding hydrogens is 1050 g/mol. The standard InChI is InChI=1S/C77H56N4S2/c1-3-78-73-47-55(35-41-65(73)67-43-37-59(49-75(67)78)82-57-25-13-7-14-26-57)80(51-21-9-5-10-22-51)53-33-39-63-64-40-34-54(46-72(64)77(71(63)45-53)69-31-19-17-29-61(69)62-30-18-20-32-70(62)77)81(52-23-11-6-12-24-52)56-36-42-66-68-44-38-60(83-58-27-15-8-16-28-58)50-76(68)79(4-2)74(66)48-56/h5-50H,3-4H2,1-2H3. The minimum Gasteiger partial charge on any atom is -0.341 e. The fourth-order valence-corrected chi connectivity index (χ4v) is 15.6. The molecule has 0 atom stereocenters. The van der Waals surface area contributed by atoms with E-state index in [1.165, 1.54) is 108 Å². The Hall–Kier alpha value is -9.46. The zero-order valence-electron chi connectivity index (χ0n) is 46.1. The third-order valence-electron chi connectivity index (χ3n) is 17.4. The lowest BCUT2D eigenvalue weighted by molar-refractivity contribution is 0.793.